The molecule has 2 heterocycles. The van der Waals surface area contributed by atoms with Crippen LogP contribution in [0.2, 0.25) is 0 Å². The summed E-state index contributed by atoms with van der Waals surface area (Å²) in [6.07, 6.45) is 0.475. The zero-order valence-corrected chi connectivity index (χ0v) is 13.2. The summed E-state index contributed by atoms with van der Waals surface area (Å²) < 4.78 is 37.6. The van der Waals surface area contributed by atoms with Crippen LogP contribution in [0.1, 0.15) is 27.8 Å². The van der Waals surface area contributed by atoms with Crippen LogP contribution in [0.5, 0.6) is 0 Å². The fourth-order valence-electron chi connectivity index (χ4n) is 2.63. The molecule has 0 radical (unpaired) electrons. The van der Waals surface area contributed by atoms with Crippen molar-refractivity contribution in [2.75, 3.05) is 5.75 Å². The molecule has 2 aromatic rings. The van der Waals surface area contributed by atoms with Crippen molar-refractivity contribution >= 4 is 21.2 Å². The summed E-state index contributed by atoms with van der Waals surface area (Å²) in [5, 5.41) is 3.35. The van der Waals surface area contributed by atoms with Crippen molar-refractivity contribution in [1.29, 1.82) is 0 Å². The molecule has 0 saturated carbocycles. The number of rotatable bonds is 3. The van der Waals surface area contributed by atoms with Gasteiger partial charge in [0.15, 0.2) is 9.84 Å². The molecule has 1 aromatic heterocycles. The summed E-state index contributed by atoms with van der Waals surface area (Å²) in [5.74, 6) is -0.295. The zero-order valence-electron chi connectivity index (χ0n) is 11.6. The van der Waals surface area contributed by atoms with Crippen molar-refractivity contribution in [3.63, 3.8) is 0 Å². The highest BCUT2D eigenvalue weighted by Gasteiger charge is 2.30. The molecule has 1 aliphatic rings. The third-order valence-corrected chi connectivity index (χ3v) is 6.49. The number of sulfone groups is 1. The molecule has 3 nitrogen and oxygen atoms in total. The van der Waals surface area contributed by atoms with Gasteiger partial charge in [-0.05, 0) is 49.2 Å². The van der Waals surface area contributed by atoms with Crippen molar-refractivity contribution in [2.45, 2.75) is 30.8 Å². The first kappa shape index (κ1) is 14.7. The lowest BCUT2D eigenvalue weighted by Gasteiger charge is -2.26. The average Bonchev–Trinajstić information content (AvgIpc) is 2.83. The molecule has 0 spiro atoms. The van der Waals surface area contributed by atoms with E-state index < -0.39 is 15.7 Å². The molecule has 1 aliphatic heterocycles. The minimum Gasteiger partial charge on any atom is -0.305 e. The van der Waals surface area contributed by atoms with Gasteiger partial charge in [0.05, 0.1) is 10.6 Å². The first-order valence-electron chi connectivity index (χ1n) is 6.76. The van der Waals surface area contributed by atoms with E-state index in [1.807, 2.05) is 6.92 Å². The van der Waals surface area contributed by atoms with Gasteiger partial charge in [0, 0.05) is 22.3 Å². The van der Waals surface area contributed by atoms with Gasteiger partial charge >= 0.3 is 0 Å². The Morgan fingerprint density at radius 2 is 2.14 bits per heavy atom. The number of hydrogen-bond acceptors (Lipinski definition) is 4. The van der Waals surface area contributed by atoms with Crippen LogP contribution in [0.15, 0.2) is 35.2 Å². The number of nitrogens with one attached hydrogen (secondary N) is 1. The molecule has 6 heteroatoms. The third kappa shape index (κ3) is 3.02. The topological polar surface area (TPSA) is 46.2 Å². The van der Waals surface area contributed by atoms with Crippen LogP contribution in [0.25, 0.3) is 0 Å². The Kier molecular flexibility index (Phi) is 3.86. The van der Waals surface area contributed by atoms with Crippen molar-refractivity contribution in [3.8, 4) is 0 Å². The largest absolute Gasteiger partial charge is 0.305 e. The lowest BCUT2D eigenvalue weighted by Crippen LogP contribution is -2.29. The molecule has 1 atom stereocenters. The number of hydrogen-bond donors (Lipinski definition) is 1. The highest BCUT2D eigenvalue weighted by Crippen LogP contribution is 2.33. The second-order valence-electron chi connectivity index (χ2n) is 5.24. The van der Waals surface area contributed by atoms with Gasteiger partial charge in [0.1, 0.15) is 5.82 Å². The van der Waals surface area contributed by atoms with E-state index in [-0.39, 0.29) is 16.7 Å². The maximum atomic E-state index is 13.5. The average molecular weight is 325 g/mol. The fourth-order valence-corrected chi connectivity index (χ4v) is 5.07. The van der Waals surface area contributed by atoms with Gasteiger partial charge in [0.25, 0.3) is 0 Å². The van der Waals surface area contributed by atoms with Crippen LogP contribution in [0.3, 0.4) is 0 Å². The van der Waals surface area contributed by atoms with E-state index in [4.69, 9.17) is 0 Å². The number of fused-ring (bicyclic) bond motifs is 1. The summed E-state index contributed by atoms with van der Waals surface area (Å²) in [5.41, 5.74) is 0.550. The molecule has 1 unspecified atom stereocenters. The molecular formula is C15H16FNO2S2. The van der Waals surface area contributed by atoms with E-state index >= 15 is 0 Å². The molecule has 1 aromatic carbocycles. The van der Waals surface area contributed by atoms with Crippen LogP contribution < -0.4 is 5.32 Å². The van der Waals surface area contributed by atoms with Crippen LogP contribution >= 0.6 is 11.3 Å². The minimum atomic E-state index is -3.27. The predicted octanol–water partition coefficient (Wildman–Crippen LogP) is 3.20. The Morgan fingerprint density at radius 3 is 2.86 bits per heavy atom. The van der Waals surface area contributed by atoms with E-state index in [0.717, 1.165) is 0 Å². The number of thiophene rings is 1. The Hall–Kier alpha value is -1.24. The molecule has 112 valence electrons. The molecule has 1 N–H and O–H groups in total. The van der Waals surface area contributed by atoms with Crippen molar-refractivity contribution in [3.05, 3.63) is 51.5 Å². The van der Waals surface area contributed by atoms with Crippen LogP contribution in [0.4, 0.5) is 4.39 Å². The van der Waals surface area contributed by atoms with Gasteiger partial charge < -0.3 is 5.32 Å². The Balaban J connectivity index is 1.86. The van der Waals surface area contributed by atoms with Gasteiger partial charge in [-0.25, -0.2) is 12.8 Å². The summed E-state index contributed by atoms with van der Waals surface area (Å²) in [6, 6.07) is 7.91. The molecule has 0 bridgehead atoms. The van der Waals surface area contributed by atoms with E-state index in [1.165, 1.54) is 28.0 Å². The summed E-state index contributed by atoms with van der Waals surface area (Å²) in [6.45, 7) is 2.71. The second kappa shape index (κ2) is 5.51. The highest BCUT2D eigenvalue weighted by molar-refractivity contribution is 7.91. The van der Waals surface area contributed by atoms with E-state index in [2.05, 4.69) is 17.4 Å². The fraction of sp³-hybridized carbons (Fsp3) is 0.333. The van der Waals surface area contributed by atoms with E-state index in [1.54, 1.807) is 11.3 Å². The maximum Gasteiger partial charge on any atom is 0.178 e. The molecule has 21 heavy (non-hydrogen) atoms. The van der Waals surface area contributed by atoms with Crippen molar-refractivity contribution < 1.29 is 12.8 Å². The predicted molar refractivity (Wildman–Crippen MR) is 81.7 cm³/mol. The normalized spacial score (nSPS) is 20.2. The smallest absolute Gasteiger partial charge is 0.178 e. The molecule has 3 rings (SSSR count). The Labute approximate surface area is 127 Å². The maximum absolute atomic E-state index is 13.5. The number of aryl methyl sites for hydroxylation is 1. The van der Waals surface area contributed by atoms with Crippen molar-refractivity contribution in [1.82, 2.24) is 5.32 Å². The van der Waals surface area contributed by atoms with Gasteiger partial charge in [-0.15, -0.1) is 11.3 Å². The highest BCUT2D eigenvalue weighted by atomic mass is 32.2. The summed E-state index contributed by atoms with van der Waals surface area (Å²) in [4.78, 5) is 2.69. The van der Waals surface area contributed by atoms with Gasteiger partial charge in [-0.2, -0.15) is 0 Å². The van der Waals surface area contributed by atoms with Gasteiger partial charge in [0.2, 0.25) is 0 Å². The Morgan fingerprint density at radius 1 is 1.33 bits per heavy atom. The van der Waals surface area contributed by atoms with Gasteiger partial charge in [-0.3, -0.25) is 0 Å². The van der Waals surface area contributed by atoms with Crippen LogP contribution in [-0.4, -0.2) is 14.2 Å². The van der Waals surface area contributed by atoms with E-state index in [9.17, 15) is 12.8 Å². The monoisotopic (exact) mass is 325 g/mol. The van der Waals surface area contributed by atoms with E-state index in [0.29, 0.717) is 18.5 Å². The molecule has 0 fully saturated rings. The van der Waals surface area contributed by atoms with Crippen LogP contribution in [-0.2, 0) is 16.4 Å². The first-order valence-corrected chi connectivity index (χ1v) is 9.23. The number of benzene rings is 1. The second-order valence-corrected chi connectivity index (χ2v) is 8.69. The SMILES string of the molecule is Cc1ccc(CNC2CCS(=O)(=O)c3ccc(F)cc32)s1. The summed E-state index contributed by atoms with van der Waals surface area (Å²) in [7, 11) is -3.27. The lowest BCUT2D eigenvalue weighted by atomic mass is 10.0. The number of halogens is 1. The molecule has 0 aliphatic carbocycles. The standard InChI is InChI=1S/C15H16FNO2S2/c1-10-2-4-12(20-10)9-17-14-6-7-21(18,19)15-5-3-11(16)8-13(14)15/h2-5,8,14,17H,6-7,9H2,1H3. The third-order valence-electron chi connectivity index (χ3n) is 3.68. The molecule has 0 saturated heterocycles. The Bertz CT molecular complexity index is 768. The molecular weight excluding hydrogens is 309 g/mol. The molecule has 0 amide bonds. The zero-order chi connectivity index (χ0) is 15.0. The summed E-state index contributed by atoms with van der Waals surface area (Å²) >= 11 is 1.71. The van der Waals surface area contributed by atoms with Gasteiger partial charge in [-0.1, -0.05) is 0 Å². The van der Waals surface area contributed by atoms with Crippen molar-refractivity contribution in [2.24, 2.45) is 0 Å². The lowest BCUT2D eigenvalue weighted by molar-refractivity contribution is 0.489. The minimum absolute atomic E-state index is 0.104. The quantitative estimate of drug-likeness (QED) is 0.882. The first-order chi connectivity index (χ1) is 9.95. The van der Waals surface area contributed by atoms with Crippen LogP contribution in [0, 0.1) is 12.7 Å².